The first-order chi connectivity index (χ1) is 9.16. The molecule has 0 fully saturated rings. The van der Waals surface area contributed by atoms with E-state index in [1.165, 1.54) is 0 Å². The topological polar surface area (TPSA) is 77.2 Å². The van der Waals surface area contributed by atoms with Crippen LogP contribution in [0.15, 0.2) is 30.3 Å². The molecule has 0 aliphatic carbocycles. The van der Waals surface area contributed by atoms with Gasteiger partial charge in [0.2, 0.25) is 0 Å². The summed E-state index contributed by atoms with van der Waals surface area (Å²) in [6, 6.07) is 9.62. The Bertz CT molecular complexity index is 515. The summed E-state index contributed by atoms with van der Waals surface area (Å²) in [7, 11) is 0. The highest BCUT2D eigenvalue weighted by Crippen LogP contribution is 2.14. The van der Waals surface area contributed by atoms with E-state index in [1.54, 1.807) is 6.92 Å². The van der Waals surface area contributed by atoms with Crippen molar-refractivity contribution in [1.29, 1.82) is 0 Å². The highest BCUT2D eigenvalue weighted by Gasteiger charge is 2.08. The largest absolute Gasteiger partial charge is 0.392 e. The Hall–Kier alpha value is -1.85. The van der Waals surface area contributed by atoms with Gasteiger partial charge in [-0.1, -0.05) is 18.2 Å². The molecule has 0 radical (unpaired) electrons. The maximum atomic E-state index is 11.9. The average Bonchev–Trinajstić information content (AvgIpc) is 2.81. The summed E-state index contributed by atoms with van der Waals surface area (Å²) < 4.78 is 0. The zero-order valence-corrected chi connectivity index (χ0v) is 10.9. The second kappa shape index (κ2) is 6.36. The highest BCUT2D eigenvalue weighted by molar-refractivity contribution is 5.97. The molecule has 4 N–H and O–H groups in total. The van der Waals surface area contributed by atoms with Crippen LogP contribution in [0.3, 0.4) is 0 Å². The van der Waals surface area contributed by atoms with Crippen molar-refractivity contribution in [2.24, 2.45) is 0 Å². The van der Waals surface area contributed by atoms with Gasteiger partial charge in [0.1, 0.15) is 5.69 Å². The van der Waals surface area contributed by atoms with Gasteiger partial charge >= 0.3 is 0 Å². The minimum absolute atomic E-state index is 0.116. The number of para-hydroxylation sites is 1. The lowest BCUT2D eigenvalue weighted by Gasteiger charge is -2.07. The number of carbonyl (C=O) groups excluding carboxylic acids is 1. The number of hydrogen-bond donors (Lipinski definition) is 4. The minimum Gasteiger partial charge on any atom is -0.392 e. The van der Waals surface area contributed by atoms with Gasteiger partial charge in [-0.15, -0.1) is 0 Å². The van der Waals surface area contributed by atoms with Gasteiger partial charge in [0.15, 0.2) is 0 Å². The Morgan fingerprint density at radius 3 is 2.89 bits per heavy atom. The Kier molecular flexibility index (Phi) is 4.54. The Morgan fingerprint density at radius 1 is 1.37 bits per heavy atom. The van der Waals surface area contributed by atoms with Crippen LogP contribution >= 0.6 is 0 Å². The Morgan fingerprint density at radius 2 is 2.16 bits per heavy atom. The second-order valence-electron chi connectivity index (χ2n) is 4.58. The van der Waals surface area contributed by atoms with Crippen LogP contribution in [-0.4, -0.2) is 41.7 Å². The maximum Gasteiger partial charge on any atom is 0.267 e. The van der Waals surface area contributed by atoms with Crippen LogP contribution in [0, 0.1) is 0 Å². The van der Waals surface area contributed by atoms with E-state index in [2.05, 4.69) is 15.6 Å². The smallest absolute Gasteiger partial charge is 0.267 e. The van der Waals surface area contributed by atoms with Gasteiger partial charge in [-0.25, -0.2) is 0 Å². The standard InChI is InChI=1S/C14H19N3O2/c1-10(18)9-15-6-7-16-14(19)13-8-11-4-2-3-5-12(11)17-13/h2-5,8,10,15,17-18H,6-7,9H2,1H3,(H,16,19). The third-order valence-corrected chi connectivity index (χ3v) is 2.80. The number of H-pyrrole nitrogens is 1. The van der Waals surface area contributed by atoms with Crippen LogP contribution in [0.2, 0.25) is 0 Å². The molecule has 2 rings (SSSR count). The summed E-state index contributed by atoms with van der Waals surface area (Å²) in [6.45, 7) is 3.41. The number of aromatic nitrogens is 1. The Labute approximate surface area is 112 Å². The van der Waals surface area contributed by atoms with Crippen LogP contribution < -0.4 is 10.6 Å². The summed E-state index contributed by atoms with van der Waals surface area (Å²) in [5, 5.41) is 16.0. The van der Waals surface area contributed by atoms with Gasteiger partial charge in [0.25, 0.3) is 5.91 Å². The third kappa shape index (κ3) is 3.81. The summed E-state index contributed by atoms with van der Waals surface area (Å²) in [6.07, 6.45) is -0.371. The number of aromatic amines is 1. The van der Waals surface area contributed by atoms with Gasteiger partial charge < -0.3 is 20.7 Å². The molecule has 1 aromatic carbocycles. The molecule has 102 valence electrons. The molecule has 5 heteroatoms. The number of hydrogen-bond acceptors (Lipinski definition) is 3. The molecule has 5 nitrogen and oxygen atoms in total. The van der Waals surface area contributed by atoms with Crippen LogP contribution in [0.1, 0.15) is 17.4 Å². The first kappa shape index (κ1) is 13.6. The molecule has 0 aliphatic rings. The van der Waals surface area contributed by atoms with Gasteiger partial charge in [-0.05, 0) is 19.1 Å². The molecule has 0 spiro atoms. The zero-order chi connectivity index (χ0) is 13.7. The lowest BCUT2D eigenvalue weighted by Crippen LogP contribution is -2.34. The average molecular weight is 261 g/mol. The van der Waals surface area contributed by atoms with Crippen molar-refractivity contribution in [2.45, 2.75) is 13.0 Å². The number of carbonyl (C=O) groups is 1. The van der Waals surface area contributed by atoms with Crippen molar-refractivity contribution in [3.8, 4) is 0 Å². The first-order valence-electron chi connectivity index (χ1n) is 6.41. The molecule has 0 aliphatic heterocycles. The normalized spacial score (nSPS) is 12.5. The lowest BCUT2D eigenvalue weighted by molar-refractivity contribution is 0.0949. The number of aliphatic hydroxyl groups is 1. The molecule has 1 atom stereocenters. The second-order valence-corrected chi connectivity index (χ2v) is 4.58. The molecule has 1 unspecified atom stereocenters. The van der Waals surface area contributed by atoms with E-state index in [0.29, 0.717) is 25.3 Å². The van der Waals surface area contributed by atoms with E-state index in [-0.39, 0.29) is 12.0 Å². The molecule has 1 heterocycles. The van der Waals surface area contributed by atoms with E-state index in [1.807, 2.05) is 30.3 Å². The number of nitrogens with one attached hydrogen (secondary N) is 3. The summed E-state index contributed by atoms with van der Waals surface area (Å²) in [4.78, 5) is 15.0. The third-order valence-electron chi connectivity index (χ3n) is 2.80. The fraction of sp³-hybridized carbons (Fsp3) is 0.357. The molecule has 1 aromatic heterocycles. The monoisotopic (exact) mass is 261 g/mol. The molecule has 2 aromatic rings. The van der Waals surface area contributed by atoms with E-state index in [0.717, 1.165) is 10.9 Å². The van der Waals surface area contributed by atoms with Crippen molar-refractivity contribution >= 4 is 16.8 Å². The Balaban J connectivity index is 1.83. The van der Waals surface area contributed by atoms with Crippen molar-refractivity contribution in [3.05, 3.63) is 36.0 Å². The molecule has 1 amide bonds. The van der Waals surface area contributed by atoms with Crippen molar-refractivity contribution in [1.82, 2.24) is 15.6 Å². The van der Waals surface area contributed by atoms with Crippen molar-refractivity contribution in [3.63, 3.8) is 0 Å². The van der Waals surface area contributed by atoms with Gasteiger partial charge in [0.05, 0.1) is 6.10 Å². The zero-order valence-electron chi connectivity index (χ0n) is 10.9. The van der Waals surface area contributed by atoms with Crippen molar-refractivity contribution in [2.75, 3.05) is 19.6 Å². The molecule has 0 bridgehead atoms. The molecular weight excluding hydrogens is 242 g/mol. The number of amides is 1. The molecular formula is C14H19N3O2. The minimum atomic E-state index is -0.371. The van der Waals surface area contributed by atoms with Crippen LogP contribution in [0.4, 0.5) is 0 Å². The first-order valence-corrected chi connectivity index (χ1v) is 6.41. The maximum absolute atomic E-state index is 11.9. The SMILES string of the molecule is CC(O)CNCCNC(=O)c1cc2ccccc2[nH]1. The number of benzene rings is 1. The van der Waals surface area contributed by atoms with Gasteiger partial charge in [-0.2, -0.15) is 0 Å². The summed E-state index contributed by atoms with van der Waals surface area (Å²) in [5.41, 5.74) is 1.52. The quantitative estimate of drug-likeness (QED) is 0.583. The van der Waals surface area contributed by atoms with E-state index >= 15 is 0 Å². The molecule has 0 saturated carbocycles. The van der Waals surface area contributed by atoms with Crippen LogP contribution in [0.5, 0.6) is 0 Å². The van der Waals surface area contributed by atoms with Gasteiger partial charge in [-0.3, -0.25) is 4.79 Å². The summed E-state index contributed by atoms with van der Waals surface area (Å²) in [5.74, 6) is -0.116. The van der Waals surface area contributed by atoms with Crippen molar-refractivity contribution < 1.29 is 9.90 Å². The predicted octanol–water partition coefficient (Wildman–Crippen LogP) is 0.868. The van der Waals surface area contributed by atoms with Gasteiger partial charge in [0, 0.05) is 30.5 Å². The number of fused-ring (bicyclic) bond motifs is 1. The predicted molar refractivity (Wildman–Crippen MR) is 75.2 cm³/mol. The number of rotatable bonds is 6. The summed E-state index contributed by atoms with van der Waals surface area (Å²) >= 11 is 0. The van der Waals surface area contributed by atoms with Crippen LogP contribution in [0.25, 0.3) is 10.9 Å². The fourth-order valence-electron chi connectivity index (χ4n) is 1.87. The van der Waals surface area contributed by atoms with E-state index < -0.39 is 0 Å². The van der Waals surface area contributed by atoms with Crippen LogP contribution in [-0.2, 0) is 0 Å². The molecule has 0 saturated heterocycles. The highest BCUT2D eigenvalue weighted by atomic mass is 16.3. The number of aliphatic hydroxyl groups excluding tert-OH is 1. The van der Waals surface area contributed by atoms with E-state index in [4.69, 9.17) is 5.11 Å². The van der Waals surface area contributed by atoms with E-state index in [9.17, 15) is 4.79 Å². The molecule has 19 heavy (non-hydrogen) atoms. The lowest BCUT2D eigenvalue weighted by atomic mass is 10.2. The fourth-order valence-corrected chi connectivity index (χ4v) is 1.87.